The van der Waals surface area contributed by atoms with E-state index in [9.17, 15) is 17.2 Å². The van der Waals surface area contributed by atoms with Gasteiger partial charge in [-0.2, -0.15) is 0 Å². The smallest absolute Gasteiger partial charge is 0.265 e. The molecule has 18 heavy (non-hydrogen) atoms. The van der Waals surface area contributed by atoms with Gasteiger partial charge >= 0.3 is 0 Å². The Hall–Kier alpha value is -0.760. The van der Waals surface area contributed by atoms with Crippen LogP contribution in [0.5, 0.6) is 0 Å². The lowest BCUT2D eigenvalue weighted by Gasteiger charge is -2.13. The highest BCUT2D eigenvalue weighted by molar-refractivity contribution is 7.89. The molecule has 0 aliphatic carbocycles. The number of nitrogens with one attached hydrogen (secondary N) is 1. The fourth-order valence-electron chi connectivity index (χ4n) is 1.24. The molecule has 0 aliphatic rings. The molecule has 0 aromatic heterocycles. The van der Waals surface area contributed by atoms with Crippen molar-refractivity contribution in [3.63, 3.8) is 0 Å². The van der Waals surface area contributed by atoms with Crippen molar-refractivity contribution in [3.8, 4) is 0 Å². The van der Waals surface area contributed by atoms with Crippen molar-refractivity contribution >= 4 is 21.6 Å². The van der Waals surface area contributed by atoms with E-state index in [4.69, 9.17) is 16.7 Å². The largest absolute Gasteiger partial charge is 0.386 e. The summed E-state index contributed by atoms with van der Waals surface area (Å²) in [5.74, 6) is 0. The average molecular weight is 300 g/mol. The molecule has 2 N–H and O–H groups in total. The molecule has 0 bridgehead atoms. The Labute approximate surface area is 109 Å². The quantitative estimate of drug-likeness (QED) is 0.867. The maximum atomic E-state index is 12.0. The summed E-state index contributed by atoms with van der Waals surface area (Å²) >= 11 is 5.77. The number of alkyl halides is 2. The topological polar surface area (TPSA) is 66.4 Å². The van der Waals surface area contributed by atoms with Crippen molar-refractivity contribution in [1.82, 2.24) is 4.72 Å². The summed E-state index contributed by atoms with van der Waals surface area (Å²) in [5.41, 5.74) is 0.318. The molecule has 1 aromatic carbocycles. The monoisotopic (exact) mass is 299 g/mol. The highest BCUT2D eigenvalue weighted by Gasteiger charge is 2.22. The maximum absolute atomic E-state index is 12.0. The third-order valence-corrected chi connectivity index (χ3v) is 4.26. The summed E-state index contributed by atoms with van der Waals surface area (Å²) in [7, 11) is -3.97. The van der Waals surface area contributed by atoms with E-state index < -0.39 is 29.1 Å². The van der Waals surface area contributed by atoms with Gasteiger partial charge in [0, 0.05) is 11.6 Å². The van der Waals surface area contributed by atoms with Crippen molar-refractivity contribution in [2.45, 2.75) is 24.3 Å². The lowest BCUT2D eigenvalue weighted by atomic mass is 10.2. The van der Waals surface area contributed by atoms with Gasteiger partial charge in [-0.05, 0) is 24.6 Å². The summed E-state index contributed by atoms with van der Waals surface area (Å²) < 4.78 is 49.6. The SMILES string of the molecule is Cc1c(Cl)cccc1S(=O)(=O)NCC(O)C(F)F. The number of aliphatic hydroxyl groups is 1. The van der Waals surface area contributed by atoms with Crippen LogP contribution in [0.25, 0.3) is 0 Å². The normalized spacial score (nSPS) is 13.9. The molecule has 0 fully saturated rings. The Morgan fingerprint density at radius 3 is 2.61 bits per heavy atom. The van der Waals surface area contributed by atoms with Crippen molar-refractivity contribution in [2.75, 3.05) is 6.54 Å². The minimum Gasteiger partial charge on any atom is -0.386 e. The van der Waals surface area contributed by atoms with Gasteiger partial charge < -0.3 is 5.11 Å². The zero-order valence-electron chi connectivity index (χ0n) is 9.40. The summed E-state index contributed by atoms with van der Waals surface area (Å²) in [5, 5.41) is 9.11. The van der Waals surface area contributed by atoms with Crippen LogP contribution in [0.3, 0.4) is 0 Å². The molecule has 0 radical (unpaired) electrons. The molecule has 4 nitrogen and oxygen atoms in total. The van der Waals surface area contributed by atoms with Gasteiger partial charge in [-0.1, -0.05) is 17.7 Å². The van der Waals surface area contributed by atoms with Crippen molar-refractivity contribution in [1.29, 1.82) is 0 Å². The summed E-state index contributed by atoms with van der Waals surface area (Å²) in [4.78, 5) is -0.100. The first-order valence-electron chi connectivity index (χ1n) is 4.96. The second-order valence-electron chi connectivity index (χ2n) is 3.62. The van der Waals surface area contributed by atoms with Crippen LogP contribution in [0.1, 0.15) is 5.56 Å². The van der Waals surface area contributed by atoms with Gasteiger partial charge in [0.2, 0.25) is 10.0 Å². The lowest BCUT2D eigenvalue weighted by molar-refractivity contribution is -0.000452. The maximum Gasteiger partial charge on any atom is 0.265 e. The number of benzene rings is 1. The highest BCUT2D eigenvalue weighted by atomic mass is 35.5. The second-order valence-corrected chi connectivity index (χ2v) is 5.76. The third kappa shape index (κ3) is 3.61. The second kappa shape index (κ2) is 5.92. The van der Waals surface area contributed by atoms with E-state index in [-0.39, 0.29) is 9.92 Å². The molecule has 8 heteroatoms. The summed E-state index contributed by atoms with van der Waals surface area (Å²) in [6.45, 7) is 0.742. The van der Waals surface area contributed by atoms with E-state index in [1.807, 2.05) is 4.72 Å². The molecule has 0 saturated carbocycles. The standard InChI is InChI=1S/C10H12ClF2NO3S/c1-6-7(11)3-2-4-9(6)18(16,17)14-5-8(15)10(12)13/h2-4,8,10,14-15H,5H2,1H3. The molecule has 1 aromatic rings. The first-order chi connectivity index (χ1) is 8.25. The van der Waals surface area contributed by atoms with Gasteiger partial charge in [0.15, 0.2) is 0 Å². The van der Waals surface area contributed by atoms with Crippen molar-refractivity contribution in [3.05, 3.63) is 28.8 Å². The van der Waals surface area contributed by atoms with Gasteiger partial charge in [0.25, 0.3) is 6.43 Å². The fraction of sp³-hybridized carbons (Fsp3) is 0.400. The zero-order valence-corrected chi connectivity index (χ0v) is 11.0. The van der Waals surface area contributed by atoms with Gasteiger partial charge in [-0.3, -0.25) is 0 Å². The Balaban J connectivity index is 2.91. The van der Waals surface area contributed by atoms with Crippen LogP contribution in [-0.2, 0) is 10.0 Å². The average Bonchev–Trinajstić information content (AvgIpc) is 2.29. The van der Waals surface area contributed by atoms with Crippen molar-refractivity contribution < 1.29 is 22.3 Å². The fourth-order valence-corrected chi connectivity index (χ4v) is 2.79. The van der Waals surface area contributed by atoms with Crippen LogP contribution in [0.15, 0.2) is 23.1 Å². The number of aliphatic hydroxyl groups excluding tert-OH is 1. The Kier molecular flexibility index (Phi) is 5.03. The van der Waals surface area contributed by atoms with Gasteiger partial charge in [0.1, 0.15) is 6.10 Å². The molecule has 102 valence electrons. The van der Waals surface area contributed by atoms with E-state index in [0.29, 0.717) is 5.56 Å². The molecule has 0 aliphatic heterocycles. The van der Waals surface area contributed by atoms with Gasteiger partial charge in [-0.15, -0.1) is 0 Å². The Bertz CT molecular complexity index is 522. The molecule has 1 unspecified atom stereocenters. The molecule has 1 rings (SSSR count). The van der Waals surface area contributed by atoms with E-state index in [2.05, 4.69) is 0 Å². The molecule has 1 atom stereocenters. The summed E-state index contributed by atoms with van der Waals surface area (Å²) in [6, 6.07) is 4.26. The Morgan fingerprint density at radius 1 is 1.44 bits per heavy atom. The number of hydrogen-bond donors (Lipinski definition) is 2. The minimum absolute atomic E-state index is 0.100. The first-order valence-corrected chi connectivity index (χ1v) is 6.83. The molecule has 0 spiro atoms. The number of rotatable bonds is 5. The van der Waals surface area contributed by atoms with Crippen LogP contribution in [0.4, 0.5) is 8.78 Å². The van der Waals surface area contributed by atoms with Crippen LogP contribution >= 0.6 is 11.6 Å². The molecular weight excluding hydrogens is 288 g/mol. The number of hydrogen-bond acceptors (Lipinski definition) is 3. The molecule has 0 amide bonds. The van der Waals surface area contributed by atoms with Gasteiger partial charge in [0.05, 0.1) is 4.90 Å². The zero-order chi connectivity index (χ0) is 13.9. The van der Waals surface area contributed by atoms with Crippen LogP contribution in [0, 0.1) is 6.92 Å². The van der Waals surface area contributed by atoms with Gasteiger partial charge in [-0.25, -0.2) is 21.9 Å². The third-order valence-electron chi connectivity index (χ3n) is 2.28. The molecular formula is C10H12ClF2NO3S. The first kappa shape index (κ1) is 15.3. The molecule has 0 saturated heterocycles. The summed E-state index contributed by atoms with van der Waals surface area (Å²) in [6.07, 6.45) is -5.05. The van der Waals surface area contributed by atoms with Crippen LogP contribution in [0.2, 0.25) is 5.02 Å². The van der Waals surface area contributed by atoms with E-state index in [0.717, 1.165) is 0 Å². The van der Waals surface area contributed by atoms with Crippen LogP contribution in [-0.4, -0.2) is 32.6 Å². The van der Waals surface area contributed by atoms with E-state index in [1.54, 1.807) is 0 Å². The van der Waals surface area contributed by atoms with E-state index in [1.165, 1.54) is 25.1 Å². The highest BCUT2D eigenvalue weighted by Crippen LogP contribution is 2.22. The predicted octanol–water partition coefficient (Wildman–Crippen LogP) is 1.55. The number of halogens is 3. The number of sulfonamides is 1. The molecule has 0 heterocycles. The minimum atomic E-state index is -3.97. The predicted molar refractivity (Wildman–Crippen MR) is 63.4 cm³/mol. The van der Waals surface area contributed by atoms with Crippen molar-refractivity contribution in [2.24, 2.45) is 0 Å². The Morgan fingerprint density at radius 2 is 2.06 bits per heavy atom. The van der Waals surface area contributed by atoms with Crippen LogP contribution < -0.4 is 4.72 Å². The van der Waals surface area contributed by atoms with E-state index >= 15 is 0 Å². The lowest BCUT2D eigenvalue weighted by Crippen LogP contribution is -2.36.